The maximum Gasteiger partial charge on any atom is 0.160 e. The number of hydrogen-bond acceptors (Lipinski definition) is 5. The Morgan fingerprint density at radius 3 is 1.58 bits per heavy atom. The van der Waals surface area contributed by atoms with Crippen LogP contribution in [-0.4, -0.2) is 22.4 Å². The monoisotopic (exact) mass is 435 g/mol. The summed E-state index contributed by atoms with van der Waals surface area (Å²) in [5.74, 6) is 0.390. The van der Waals surface area contributed by atoms with Gasteiger partial charge < -0.3 is 25.0 Å². The van der Waals surface area contributed by atoms with E-state index in [0.29, 0.717) is 22.7 Å². The maximum absolute atomic E-state index is 10.9. The molecule has 0 aliphatic carbocycles. The minimum absolute atomic E-state index is 0.0108. The van der Waals surface area contributed by atoms with E-state index in [0.717, 1.165) is 21.5 Å². The van der Waals surface area contributed by atoms with E-state index in [1.807, 2.05) is 60.7 Å². The molecule has 0 amide bonds. The van der Waals surface area contributed by atoms with Crippen LogP contribution in [0, 0.1) is 6.54 Å². The quantitative estimate of drug-likeness (QED) is 0.281. The number of phenolic OH excluding ortho intramolecular Hbond substituents is 3. The smallest absolute Gasteiger partial charge is 0.160 e. The molecule has 0 fully saturated rings. The Balaban J connectivity index is 1.71. The molecule has 0 unspecified atom stereocenters. The first-order valence-corrected chi connectivity index (χ1v) is 10.4. The van der Waals surface area contributed by atoms with Gasteiger partial charge in [-0.3, -0.25) is 0 Å². The van der Waals surface area contributed by atoms with Crippen molar-refractivity contribution in [1.82, 2.24) is 0 Å². The number of phenols is 3. The summed E-state index contributed by atoms with van der Waals surface area (Å²) in [5.41, 5.74) is 1.49. The summed E-state index contributed by atoms with van der Waals surface area (Å²) in [5, 5.41) is 35.5. The number of methoxy groups -OCH3 is 1. The number of ether oxygens (including phenoxy) is 1. The fraction of sp³-hybridized carbons (Fsp3) is 0.0357. The molecule has 0 aliphatic rings. The van der Waals surface area contributed by atoms with Gasteiger partial charge >= 0.3 is 0 Å². The van der Waals surface area contributed by atoms with Crippen molar-refractivity contribution in [2.75, 3.05) is 12.0 Å². The summed E-state index contributed by atoms with van der Waals surface area (Å²) in [4.78, 5) is 1.62. The molecule has 0 spiro atoms. The Bertz CT molecular complexity index is 1390. The van der Waals surface area contributed by atoms with E-state index in [-0.39, 0.29) is 17.2 Å². The molecule has 33 heavy (non-hydrogen) atoms. The minimum Gasteiger partial charge on any atom is -0.506 e. The predicted molar refractivity (Wildman–Crippen MR) is 130 cm³/mol. The molecule has 0 aromatic heterocycles. The zero-order valence-electron chi connectivity index (χ0n) is 17.9. The van der Waals surface area contributed by atoms with Gasteiger partial charge in [0.05, 0.1) is 18.5 Å². The Morgan fingerprint density at radius 1 is 0.606 bits per heavy atom. The van der Waals surface area contributed by atoms with Gasteiger partial charge in [0.25, 0.3) is 0 Å². The zero-order chi connectivity index (χ0) is 22.9. The van der Waals surface area contributed by atoms with Gasteiger partial charge in [0.1, 0.15) is 18.0 Å². The third-order valence-electron chi connectivity index (χ3n) is 5.59. The van der Waals surface area contributed by atoms with Crippen molar-refractivity contribution >= 4 is 32.9 Å². The summed E-state index contributed by atoms with van der Waals surface area (Å²) < 4.78 is 5.23. The first-order chi connectivity index (χ1) is 16.0. The fourth-order valence-electron chi connectivity index (χ4n) is 3.92. The molecule has 162 valence electrons. The van der Waals surface area contributed by atoms with Crippen LogP contribution < -0.4 is 9.64 Å². The van der Waals surface area contributed by atoms with Crippen molar-refractivity contribution in [1.29, 1.82) is 0 Å². The molecule has 0 aliphatic heterocycles. The highest BCUT2D eigenvalue weighted by Gasteiger charge is 2.21. The van der Waals surface area contributed by atoms with E-state index >= 15 is 0 Å². The largest absolute Gasteiger partial charge is 0.506 e. The van der Waals surface area contributed by atoms with Crippen LogP contribution in [0.5, 0.6) is 23.0 Å². The number of anilines is 2. The van der Waals surface area contributed by atoms with E-state index in [4.69, 9.17) is 4.74 Å². The second-order valence-electron chi connectivity index (χ2n) is 7.71. The van der Waals surface area contributed by atoms with Crippen LogP contribution in [0.4, 0.5) is 11.4 Å². The van der Waals surface area contributed by atoms with E-state index in [1.54, 1.807) is 29.2 Å². The van der Waals surface area contributed by atoms with Crippen molar-refractivity contribution in [3.8, 4) is 23.0 Å². The summed E-state index contributed by atoms with van der Waals surface area (Å²) >= 11 is 0. The predicted octanol–water partition coefficient (Wildman–Crippen LogP) is 6.34. The Labute approximate surface area is 191 Å². The molecule has 5 heteroatoms. The molecule has 5 aromatic carbocycles. The summed E-state index contributed by atoms with van der Waals surface area (Å²) in [6.07, 6.45) is 0. The van der Waals surface area contributed by atoms with Gasteiger partial charge in [0.15, 0.2) is 11.5 Å². The lowest BCUT2D eigenvalue weighted by Gasteiger charge is -2.26. The van der Waals surface area contributed by atoms with Crippen molar-refractivity contribution in [2.45, 2.75) is 0 Å². The van der Waals surface area contributed by atoms with Crippen LogP contribution in [0.3, 0.4) is 0 Å². The lowest BCUT2D eigenvalue weighted by Crippen LogP contribution is -2.15. The van der Waals surface area contributed by atoms with Crippen LogP contribution in [0.1, 0.15) is 5.56 Å². The molecular formula is C28H21NO4. The number of rotatable bonds is 5. The van der Waals surface area contributed by atoms with E-state index < -0.39 is 0 Å². The van der Waals surface area contributed by atoms with E-state index in [9.17, 15) is 15.3 Å². The van der Waals surface area contributed by atoms with Crippen LogP contribution in [0.15, 0.2) is 91.0 Å². The number of benzene rings is 5. The van der Waals surface area contributed by atoms with Gasteiger partial charge in [-0.25, -0.2) is 0 Å². The second kappa shape index (κ2) is 8.28. The highest BCUT2D eigenvalue weighted by atomic mass is 16.5. The number of aromatic hydroxyl groups is 3. The van der Waals surface area contributed by atoms with Crippen LogP contribution in [-0.2, 0) is 0 Å². The highest BCUT2D eigenvalue weighted by molar-refractivity contribution is 5.94. The SMILES string of the molecule is COc1cc([C]N(c2cc3ccccc3cc2O)c2cc3ccccc3cc2O)ccc1O. The molecule has 5 aromatic rings. The molecule has 0 saturated heterocycles. The average Bonchev–Trinajstić information content (AvgIpc) is 2.83. The average molecular weight is 435 g/mol. The van der Waals surface area contributed by atoms with Crippen molar-refractivity contribution in [3.63, 3.8) is 0 Å². The molecular weight excluding hydrogens is 414 g/mol. The van der Waals surface area contributed by atoms with Gasteiger partial charge in [-0.15, -0.1) is 0 Å². The van der Waals surface area contributed by atoms with Crippen LogP contribution >= 0.6 is 0 Å². The lowest BCUT2D eigenvalue weighted by atomic mass is 10.0. The second-order valence-corrected chi connectivity index (χ2v) is 7.71. The standard InChI is InChI=1S/C28H21NO4/c1-33-28-12-18(10-11-25(28)30)17-29(23-13-19-6-2-4-8-21(19)15-26(23)31)24-14-20-7-3-5-9-22(20)16-27(24)32/h2-16,30-32H,1H3. The Kier molecular flexibility index (Phi) is 5.15. The first-order valence-electron chi connectivity index (χ1n) is 10.4. The van der Waals surface area contributed by atoms with Gasteiger partial charge in [-0.1, -0.05) is 54.6 Å². The third kappa shape index (κ3) is 3.85. The van der Waals surface area contributed by atoms with Crippen molar-refractivity contribution in [2.24, 2.45) is 0 Å². The fourth-order valence-corrected chi connectivity index (χ4v) is 3.92. The number of nitrogens with zero attached hydrogens (tertiary/aromatic N) is 1. The molecule has 0 saturated carbocycles. The Hall–Kier alpha value is -4.38. The zero-order valence-corrected chi connectivity index (χ0v) is 17.9. The molecule has 0 bridgehead atoms. The van der Waals surface area contributed by atoms with Gasteiger partial charge in [0, 0.05) is 0 Å². The number of fused-ring (bicyclic) bond motifs is 2. The lowest BCUT2D eigenvalue weighted by molar-refractivity contribution is 0.373. The van der Waals surface area contributed by atoms with Crippen molar-refractivity contribution < 1.29 is 20.1 Å². The maximum atomic E-state index is 10.9. The molecule has 0 heterocycles. The first kappa shape index (κ1) is 20.5. The van der Waals surface area contributed by atoms with Crippen LogP contribution in [0.2, 0.25) is 0 Å². The molecule has 2 radical (unpaired) electrons. The highest BCUT2D eigenvalue weighted by Crippen LogP contribution is 2.43. The summed E-state index contributed by atoms with van der Waals surface area (Å²) in [7, 11) is 1.47. The number of hydrogen-bond donors (Lipinski definition) is 3. The van der Waals surface area contributed by atoms with Crippen molar-refractivity contribution in [3.05, 3.63) is 103 Å². The topological polar surface area (TPSA) is 73.2 Å². The third-order valence-corrected chi connectivity index (χ3v) is 5.59. The Morgan fingerprint density at radius 2 is 1.09 bits per heavy atom. The van der Waals surface area contributed by atoms with E-state index in [2.05, 4.69) is 6.54 Å². The molecule has 5 nitrogen and oxygen atoms in total. The normalized spacial score (nSPS) is 11.1. The van der Waals surface area contributed by atoms with Gasteiger partial charge in [-0.05, 0) is 63.5 Å². The van der Waals surface area contributed by atoms with E-state index in [1.165, 1.54) is 13.2 Å². The van der Waals surface area contributed by atoms with Gasteiger partial charge in [-0.2, -0.15) is 0 Å². The molecule has 0 atom stereocenters. The summed E-state index contributed by atoms with van der Waals surface area (Å²) in [6.45, 7) is 3.25. The van der Waals surface area contributed by atoms with Gasteiger partial charge in [0.2, 0.25) is 0 Å². The van der Waals surface area contributed by atoms with Crippen LogP contribution in [0.25, 0.3) is 21.5 Å². The molecule has 3 N–H and O–H groups in total. The molecule has 5 rings (SSSR count). The summed E-state index contributed by atoms with van der Waals surface area (Å²) in [6, 6.07) is 27.4. The minimum atomic E-state index is 0.0108.